The molecule has 4 aromatic heterocycles. The zero-order valence-electron chi connectivity index (χ0n) is 17.9. The van der Waals surface area contributed by atoms with E-state index < -0.39 is 11.9 Å². The maximum Gasteiger partial charge on any atom is 0.435 e. The Morgan fingerprint density at radius 3 is 2.56 bits per heavy atom. The van der Waals surface area contributed by atoms with Crippen molar-refractivity contribution < 1.29 is 17.9 Å². The lowest BCUT2D eigenvalue weighted by Gasteiger charge is -2.12. The summed E-state index contributed by atoms with van der Waals surface area (Å²) in [5, 5.41) is 8.77. The second-order valence-corrected chi connectivity index (χ2v) is 7.81. The normalized spacial score (nSPS) is 11.9. The van der Waals surface area contributed by atoms with Crippen LogP contribution in [0.4, 0.5) is 18.9 Å². The summed E-state index contributed by atoms with van der Waals surface area (Å²) in [7, 11) is 1.44. The maximum absolute atomic E-state index is 13.4. The molecule has 174 valence electrons. The van der Waals surface area contributed by atoms with Gasteiger partial charge in [0.25, 0.3) is 0 Å². The molecule has 0 unspecified atom stereocenters. The molecular weight excluding hydrogens is 471 g/mol. The minimum atomic E-state index is -4.59. The Hall–Kier alpha value is -3.86. The first-order valence-electron chi connectivity index (χ1n) is 10.2. The number of anilines is 1. The van der Waals surface area contributed by atoms with Crippen LogP contribution in [-0.4, -0.2) is 43.4 Å². The Bertz CT molecular complexity index is 1510. The molecule has 34 heavy (non-hydrogen) atoms. The van der Waals surface area contributed by atoms with E-state index in [1.165, 1.54) is 30.4 Å². The van der Waals surface area contributed by atoms with Gasteiger partial charge in [-0.15, -0.1) is 0 Å². The molecule has 12 heteroatoms. The van der Waals surface area contributed by atoms with Gasteiger partial charge in [0.1, 0.15) is 5.65 Å². The first kappa shape index (κ1) is 22.0. The van der Waals surface area contributed by atoms with E-state index in [0.29, 0.717) is 44.8 Å². The van der Waals surface area contributed by atoms with Crippen LogP contribution in [0.3, 0.4) is 0 Å². The fraction of sp³-hybridized carbons (Fsp3) is 0.182. The third-order valence-corrected chi connectivity index (χ3v) is 5.48. The topological polar surface area (TPSA) is 93.5 Å². The molecule has 4 heterocycles. The van der Waals surface area contributed by atoms with E-state index in [1.54, 1.807) is 18.3 Å². The number of halogens is 4. The minimum Gasteiger partial charge on any atom is -0.467 e. The summed E-state index contributed by atoms with van der Waals surface area (Å²) < 4.78 is 46.3. The van der Waals surface area contributed by atoms with Crippen LogP contribution < -0.4 is 10.1 Å². The van der Waals surface area contributed by atoms with E-state index in [0.717, 1.165) is 17.3 Å². The zero-order chi connectivity index (χ0) is 24.0. The van der Waals surface area contributed by atoms with Crippen molar-refractivity contribution in [2.24, 2.45) is 0 Å². The molecule has 0 saturated heterocycles. The summed E-state index contributed by atoms with van der Waals surface area (Å²) in [6.07, 6.45) is 1.24. The van der Waals surface area contributed by atoms with Crippen LogP contribution in [0.5, 0.6) is 6.01 Å². The lowest BCUT2D eigenvalue weighted by Crippen LogP contribution is -2.08. The fourth-order valence-electron chi connectivity index (χ4n) is 3.85. The van der Waals surface area contributed by atoms with Gasteiger partial charge in [0.05, 0.1) is 29.4 Å². The van der Waals surface area contributed by atoms with Crippen LogP contribution in [-0.2, 0) is 6.18 Å². The van der Waals surface area contributed by atoms with Crippen LogP contribution in [0.25, 0.3) is 38.8 Å². The van der Waals surface area contributed by atoms with Crippen molar-refractivity contribution in [3.8, 4) is 22.8 Å². The van der Waals surface area contributed by atoms with Crippen LogP contribution in [0.1, 0.15) is 12.6 Å². The van der Waals surface area contributed by atoms with Gasteiger partial charge in [-0.3, -0.25) is 0 Å². The van der Waals surface area contributed by atoms with Crippen molar-refractivity contribution in [2.45, 2.75) is 13.1 Å². The zero-order valence-corrected chi connectivity index (χ0v) is 18.7. The Morgan fingerprint density at radius 1 is 1.15 bits per heavy atom. The van der Waals surface area contributed by atoms with E-state index in [2.05, 4.69) is 30.4 Å². The molecule has 0 spiro atoms. The van der Waals surface area contributed by atoms with Crippen molar-refractivity contribution in [1.82, 2.24) is 29.7 Å². The molecule has 0 saturated carbocycles. The number of benzene rings is 1. The third-order valence-electron chi connectivity index (χ3n) is 5.26. The summed E-state index contributed by atoms with van der Waals surface area (Å²) in [6.45, 7) is 2.59. The number of aromatic amines is 1. The lowest BCUT2D eigenvalue weighted by atomic mass is 10.0. The van der Waals surface area contributed by atoms with E-state index in [-0.39, 0.29) is 6.01 Å². The van der Waals surface area contributed by atoms with Gasteiger partial charge >= 0.3 is 12.2 Å². The number of alkyl halides is 3. The molecule has 0 aliphatic carbocycles. The van der Waals surface area contributed by atoms with Crippen LogP contribution >= 0.6 is 11.6 Å². The number of nitrogens with one attached hydrogen (secondary N) is 2. The van der Waals surface area contributed by atoms with Gasteiger partial charge in [-0.25, -0.2) is 19.6 Å². The Kier molecular flexibility index (Phi) is 5.28. The highest BCUT2D eigenvalue weighted by atomic mass is 35.5. The second kappa shape index (κ2) is 8.17. The van der Waals surface area contributed by atoms with Gasteiger partial charge < -0.3 is 15.0 Å². The quantitative estimate of drug-likeness (QED) is 0.341. The predicted octanol–water partition coefficient (Wildman–Crippen LogP) is 5.47. The van der Waals surface area contributed by atoms with Crippen molar-refractivity contribution in [2.75, 3.05) is 19.0 Å². The first-order valence-corrected chi connectivity index (χ1v) is 10.6. The van der Waals surface area contributed by atoms with Gasteiger partial charge in [-0.05, 0) is 25.1 Å². The molecule has 0 bridgehead atoms. The summed E-state index contributed by atoms with van der Waals surface area (Å²) in [5.41, 5.74) is 2.32. The van der Waals surface area contributed by atoms with Crippen LogP contribution in [0.2, 0.25) is 5.02 Å². The molecule has 8 nitrogen and oxygen atoms in total. The summed E-state index contributed by atoms with van der Waals surface area (Å²) in [6, 6.07) is 4.60. The van der Waals surface area contributed by atoms with Crippen molar-refractivity contribution in [3.05, 3.63) is 53.7 Å². The van der Waals surface area contributed by atoms with Gasteiger partial charge in [-0.1, -0.05) is 11.6 Å². The molecule has 1 aromatic carbocycles. The highest BCUT2D eigenvalue weighted by molar-refractivity contribution is 6.33. The first-order chi connectivity index (χ1) is 16.3. The lowest BCUT2D eigenvalue weighted by molar-refractivity contribution is -0.141. The van der Waals surface area contributed by atoms with Crippen molar-refractivity contribution in [1.29, 1.82) is 0 Å². The smallest absolute Gasteiger partial charge is 0.435 e. The molecule has 5 aromatic rings. The molecular formula is C22H17ClF3N7O. The minimum absolute atomic E-state index is 0.159. The Balaban J connectivity index is 1.87. The number of fused-ring (bicyclic) bond motifs is 3. The summed E-state index contributed by atoms with van der Waals surface area (Å²) >= 11 is 6.39. The van der Waals surface area contributed by atoms with Crippen molar-refractivity contribution in [3.63, 3.8) is 0 Å². The number of pyridine rings is 1. The highest BCUT2D eigenvalue weighted by Gasteiger charge is 2.34. The number of H-pyrrole nitrogens is 1. The fourth-order valence-corrected chi connectivity index (χ4v) is 4.07. The van der Waals surface area contributed by atoms with E-state index >= 15 is 0 Å². The van der Waals surface area contributed by atoms with Gasteiger partial charge in [0.15, 0.2) is 5.69 Å². The molecule has 5 rings (SSSR count). The van der Waals surface area contributed by atoms with Gasteiger partial charge in [0, 0.05) is 52.9 Å². The molecule has 2 N–H and O–H groups in total. The monoisotopic (exact) mass is 487 g/mol. The van der Waals surface area contributed by atoms with Gasteiger partial charge in [0.2, 0.25) is 0 Å². The maximum atomic E-state index is 13.4. The van der Waals surface area contributed by atoms with Gasteiger partial charge in [-0.2, -0.15) is 18.3 Å². The molecule has 0 radical (unpaired) electrons. The largest absolute Gasteiger partial charge is 0.467 e. The van der Waals surface area contributed by atoms with E-state index in [4.69, 9.17) is 16.3 Å². The standard InChI is InChI=1S/C22H17ClF3N7O/c1-3-27-15-7-12(23)6-13-17-19(33-5-4-16(32-33)22(24,25)26)14(10-28-20(17)31-18(13)15)11-8-29-21(34-2)30-9-11/h4-10,27H,3H2,1-2H3,(H,28,31). The highest BCUT2D eigenvalue weighted by Crippen LogP contribution is 2.40. The molecule has 0 amide bonds. The number of hydrogen-bond donors (Lipinski definition) is 2. The number of methoxy groups -OCH3 is 1. The Morgan fingerprint density at radius 2 is 1.91 bits per heavy atom. The predicted molar refractivity (Wildman–Crippen MR) is 122 cm³/mol. The number of hydrogen-bond acceptors (Lipinski definition) is 6. The van der Waals surface area contributed by atoms with Crippen molar-refractivity contribution >= 4 is 39.2 Å². The van der Waals surface area contributed by atoms with E-state index in [9.17, 15) is 13.2 Å². The summed E-state index contributed by atoms with van der Waals surface area (Å²) in [5.74, 6) is 0. The summed E-state index contributed by atoms with van der Waals surface area (Å²) in [4.78, 5) is 16.0. The Labute approximate surface area is 195 Å². The molecule has 0 aliphatic heterocycles. The SMILES string of the molecule is CCNc1cc(Cl)cc2c1[nH]c1ncc(-c3cnc(OC)nc3)c(-n3ccc(C(F)(F)F)n3)c12. The second-order valence-electron chi connectivity index (χ2n) is 7.38. The average molecular weight is 488 g/mol. The van der Waals surface area contributed by atoms with E-state index in [1.807, 2.05) is 6.92 Å². The van der Waals surface area contributed by atoms with Crippen LogP contribution in [0.15, 0.2) is 43.0 Å². The van der Waals surface area contributed by atoms with Crippen LogP contribution in [0, 0.1) is 0 Å². The number of ether oxygens (including phenoxy) is 1. The molecule has 0 fully saturated rings. The average Bonchev–Trinajstić information content (AvgIpc) is 3.44. The number of nitrogens with zero attached hydrogens (tertiary/aromatic N) is 5. The third kappa shape index (κ3) is 3.67. The molecule has 0 aliphatic rings. The number of aromatic nitrogens is 6. The number of rotatable bonds is 5. The molecule has 0 atom stereocenters.